The summed E-state index contributed by atoms with van der Waals surface area (Å²) in [4.78, 5) is 39.1. The Morgan fingerprint density at radius 2 is 1.16 bits per heavy atom. The van der Waals surface area contributed by atoms with Gasteiger partial charge in [0, 0.05) is 139 Å². The number of benzene rings is 2. The molecule has 0 spiro atoms. The summed E-state index contributed by atoms with van der Waals surface area (Å²) >= 11 is 0. The highest BCUT2D eigenvalue weighted by atomic mass is 15.3. The van der Waals surface area contributed by atoms with E-state index < -0.39 is 0 Å². The molecule has 13 heteroatoms. The minimum atomic E-state index is 0.265. The van der Waals surface area contributed by atoms with Crippen LogP contribution in [0.4, 0.5) is 23.1 Å². The van der Waals surface area contributed by atoms with Gasteiger partial charge >= 0.3 is 0 Å². The molecule has 6 aromatic rings. The van der Waals surface area contributed by atoms with Gasteiger partial charge in [0.05, 0.1) is 23.5 Å². The Labute approximate surface area is 414 Å². The first kappa shape index (κ1) is 45.2. The fourth-order valence-corrected chi connectivity index (χ4v) is 13.0. The van der Waals surface area contributed by atoms with Gasteiger partial charge in [-0.3, -0.25) is 19.8 Å². The molecular formula is C57H69N13. The molecule has 13 nitrogen and oxygen atoms in total. The molecule has 4 aromatic heterocycles. The number of piperazine rings is 2. The van der Waals surface area contributed by atoms with Crippen molar-refractivity contribution in [1.29, 1.82) is 0 Å². The zero-order valence-corrected chi connectivity index (χ0v) is 41.1. The van der Waals surface area contributed by atoms with E-state index in [0.29, 0.717) is 24.0 Å². The average Bonchev–Trinajstić information content (AvgIpc) is 3.42. The van der Waals surface area contributed by atoms with Crippen LogP contribution >= 0.6 is 0 Å². The number of hydrogen-bond donors (Lipinski definition) is 2. The molecule has 2 aliphatic carbocycles. The Balaban J connectivity index is 0.768. The average molecular weight is 936 g/mol. The predicted octanol–water partition coefficient (Wildman–Crippen LogP) is 6.95. The minimum absolute atomic E-state index is 0.265. The molecular weight excluding hydrogens is 867 g/mol. The quantitative estimate of drug-likeness (QED) is 0.140. The van der Waals surface area contributed by atoms with Gasteiger partial charge in [-0.1, -0.05) is 36.4 Å². The van der Waals surface area contributed by atoms with Crippen molar-refractivity contribution in [1.82, 2.24) is 45.4 Å². The highest BCUT2D eigenvalue weighted by Gasteiger charge is 2.36. The highest BCUT2D eigenvalue weighted by Crippen LogP contribution is 2.45. The summed E-state index contributed by atoms with van der Waals surface area (Å²) in [6, 6.07) is 30.5. The third-order valence-corrected chi connectivity index (χ3v) is 16.6. The lowest BCUT2D eigenvalue weighted by Gasteiger charge is -2.42. The molecule has 362 valence electrons. The van der Waals surface area contributed by atoms with Gasteiger partial charge in [-0.05, 0) is 140 Å². The lowest BCUT2D eigenvalue weighted by molar-refractivity contribution is 0.187. The second-order valence-electron chi connectivity index (χ2n) is 20.8. The summed E-state index contributed by atoms with van der Waals surface area (Å²) < 4.78 is 0. The Morgan fingerprint density at radius 3 is 1.91 bits per heavy atom. The Morgan fingerprint density at radius 1 is 0.529 bits per heavy atom. The second kappa shape index (κ2) is 20.0. The Bertz CT molecular complexity index is 2740. The standard InChI is InChI=1S/C57H69N13/c1-65(51-15-5-10-40-12-7-20-59-55(40)51)38-45-35-49-43(37-64-45)32-42(33-53(49)68-24-28-69(29-25-68)54-16-3-4-19-58-54)46-17-18-52(56-47(46)13-8-21-60-56)66(2)39-44-34-48-41(36-63-44)11-6-14-50(48)67-26-30-70(31-27-67)57-61-22-9-23-62-57/h3-4,6-9,11-14,16,19-23,32-33,44-46,51-52,63-64H,5,10,15,17-18,24-31,34-39H2,1-2H3/t44-,45+,46?,51+,52+/m1/s1. The summed E-state index contributed by atoms with van der Waals surface area (Å²) in [7, 11) is 4.65. The van der Waals surface area contributed by atoms with Crippen molar-refractivity contribution in [3.8, 4) is 0 Å². The number of aromatic nitrogens is 5. The SMILES string of the molecule is CN(C[C@@H]1Cc2c(cc(C3CC[C@H](N(C)C[C@H]4Cc5c(cccc5N5CCN(c6ncccn6)CC5)CN4)c4ncccc43)cc2N2CCN(c3ccccn3)CC2)CN1)[C@H]1CCCc2cccnc21. The van der Waals surface area contributed by atoms with E-state index in [4.69, 9.17) is 15.0 Å². The number of hydrogen-bond acceptors (Lipinski definition) is 13. The smallest absolute Gasteiger partial charge is 0.225 e. The number of nitrogens with one attached hydrogen (secondary N) is 2. The molecule has 0 saturated carbocycles. The molecule has 0 amide bonds. The van der Waals surface area contributed by atoms with E-state index in [0.717, 1.165) is 122 Å². The topological polar surface area (TPSA) is 108 Å². The van der Waals surface area contributed by atoms with Gasteiger partial charge in [-0.25, -0.2) is 15.0 Å². The number of likely N-dealkylation sites (N-methyl/N-ethyl adjacent to an activating group) is 2. The fraction of sp³-hybridized carbons (Fsp3) is 0.456. The normalized spacial score (nSPS) is 23.5. The molecule has 2 aromatic carbocycles. The molecule has 2 saturated heterocycles. The van der Waals surface area contributed by atoms with E-state index in [-0.39, 0.29) is 6.04 Å². The molecule has 0 radical (unpaired) electrons. The number of nitrogens with zero attached hydrogens (tertiary/aromatic N) is 11. The second-order valence-corrected chi connectivity index (χ2v) is 20.8. The number of aryl methyl sites for hydroxylation is 1. The third-order valence-electron chi connectivity index (χ3n) is 16.6. The molecule has 5 atom stereocenters. The van der Waals surface area contributed by atoms with Crippen LogP contribution in [0.25, 0.3) is 0 Å². The van der Waals surface area contributed by atoms with Crippen molar-refractivity contribution in [2.45, 2.75) is 88.1 Å². The van der Waals surface area contributed by atoms with Crippen LogP contribution in [0.1, 0.15) is 94.0 Å². The van der Waals surface area contributed by atoms with Crippen LogP contribution in [0.3, 0.4) is 0 Å². The summed E-state index contributed by atoms with van der Waals surface area (Å²) in [5.74, 6) is 2.21. The molecule has 8 heterocycles. The minimum Gasteiger partial charge on any atom is -0.368 e. The Hall–Kier alpha value is -5.99. The van der Waals surface area contributed by atoms with Gasteiger partial charge in [-0.2, -0.15) is 0 Å². The molecule has 0 bridgehead atoms. The largest absolute Gasteiger partial charge is 0.368 e. The van der Waals surface area contributed by atoms with Crippen LogP contribution in [0.5, 0.6) is 0 Å². The van der Waals surface area contributed by atoms with Crippen LogP contribution < -0.4 is 30.2 Å². The number of pyridine rings is 3. The summed E-state index contributed by atoms with van der Waals surface area (Å²) in [6.45, 7) is 11.4. The van der Waals surface area contributed by atoms with E-state index in [1.807, 2.05) is 43.1 Å². The first-order valence-electron chi connectivity index (χ1n) is 26.2. The fourth-order valence-electron chi connectivity index (χ4n) is 13.0. The van der Waals surface area contributed by atoms with Gasteiger partial charge in [-0.15, -0.1) is 0 Å². The van der Waals surface area contributed by atoms with Gasteiger partial charge in [0.25, 0.3) is 0 Å². The lowest BCUT2D eigenvalue weighted by atomic mass is 9.77. The first-order valence-corrected chi connectivity index (χ1v) is 26.2. The predicted molar refractivity (Wildman–Crippen MR) is 280 cm³/mol. The van der Waals surface area contributed by atoms with Crippen molar-refractivity contribution in [2.75, 3.05) is 99.1 Å². The maximum atomic E-state index is 5.23. The summed E-state index contributed by atoms with van der Waals surface area (Å²) in [5, 5.41) is 7.99. The molecule has 12 rings (SSSR count). The molecule has 4 aliphatic heterocycles. The lowest BCUT2D eigenvalue weighted by Crippen LogP contribution is -2.49. The van der Waals surface area contributed by atoms with Gasteiger partial charge in [0.1, 0.15) is 5.82 Å². The number of fused-ring (bicyclic) bond motifs is 4. The molecule has 2 fully saturated rings. The monoisotopic (exact) mass is 936 g/mol. The number of rotatable bonds is 11. The number of anilines is 4. The van der Waals surface area contributed by atoms with E-state index in [1.54, 1.807) is 0 Å². The first-order chi connectivity index (χ1) is 34.5. The molecule has 70 heavy (non-hydrogen) atoms. The van der Waals surface area contributed by atoms with Crippen LogP contribution in [-0.2, 0) is 32.4 Å². The van der Waals surface area contributed by atoms with Crippen LogP contribution in [-0.4, -0.2) is 126 Å². The van der Waals surface area contributed by atoms with Crippen LogP contribution in [0, 0.1) is 0 Å². The molecule has 6 aliphatic rings. The van der Waals surface area contributed by atoms with E-state index in [2.05, 4.69) is 131 Å². The van der Waals surface area contributed by atoms with Gasteiger partial charge in [0.15, 0.2) is 0 Å². The van der Waals surface area contributed by atoms with Crippen molar-refractivity contribution < 1.29 is 0 Å². The Kier molecular flexibility index (Phi) is 12.9. The van der Waals surface area contributed by atoms with Crippen molar-refractivity contribution in [3.05, 3.63) is 160 Å². The van der Waals surface area contributed by atoms with Crippen molar-refractivity contribution in [2.24, 2.45) is 0 Å². The van der Waals surface area contributed by atoms with Crippen LogP contribution in [0.2, 0.25) is 0 Å². The highest BCUT2D eigenvalue weighted by molar-refractivity contribution is 5.63. The maximum Gasteiger partial charge on any atom is 0.225 e. The zero-order valence-electron chi connectivity index (χ0n) is 41.1. The molecule has 2 N–H and O–H groups in total. The van der Waals surface area contributed by atoms with E-state index >= 15 is 0 Å². The van der Waals surface area contributed by atoms with Crippen molar-refractivity contribution in [3.63, 3.8) is 0 Å². The molecule has 1 unspecified atom stereocenters. The summed E-state index contributed by atoms with van der Waals surface area (Å²) in [5.41, 5.74) is 15.6. The van der Waals surface area contributed by atoms with Gasteiger partial charge < -0.3 is 30.2 Å². The van der Waals surface area contributed by atoms with E-state index in [9.17, 15) is 0 Å². The van der Waals surface area contributed by atoms with Gasteiger partial charge in [0.2, 0.25) is 5.95 Å². The van der Waals surface area contributed by atoms with Crippen LogP contribution in [0.15, 0.2) is 110 Å². The third kappa shape index (κ3) is 9.13. The zero-order chi connectivity index (χ0) is 47.0. The van der Waals surface area contributed by atoms with E-state index in [1.165, 1.54) is 74.5 Å². The maximum absolute atomic E-state index is 5.23. The summed E-state index contributed by atoms with van der Waals surface area (Å²) in [6.07, 6.45) is 17.4. The van der Waals surface area contributed by atoms with Crippen molar-refractivity contribution >= 4 is 23.1 Å².